The molecule has 0 bridgehead atoms. The number of carboxylic acids is 1. The van der Waals surface area contributed by atoms with Gasteiger partial charge in [-0.3, -0.25) is 0 Å². The normalized spacial score (nSPS) is 14.5. The molecule has 88 valence electrons. The highest BCUT2D eigenvalue weighted by molar-refractivity contribution is 5.92. The predicted octanol–water partition coefficient (Wildman–Crippen LogP) is 2.36. The van der Waals surface area contributed by atoms with Crippen LogP contribution in [-0.4, -0.2) is 18.1 Å². The Kier molecular flexibility index (Phi) is 2.86. The molecule has 0 aliphatic carbocycles. The van der Waals surface area contributed by atoms with E-state index >= 15 is 0 Å². The molecule has 0 spiro atoms. The summed E-state index contributed by atoms with van der Waals surface area (Å²) in [5, 5.41) is 14.3. The number of aliphatic carboxylic acids is 1. The minimum absolute atomic E-state index is 0.783. The standard InChI is InChI=1S/C14H15NO2/c1-14(15-2,13(16)17)12-9-5-7-10-6-3-4-8-11(10)12/h3-9,15H,1-2H3,(H,16,17). The van der Waals surface area contributed by atoms with E-state index in [-0.39, 0.29) is 0 Å². The fourth-order valence-corrected chi connectivity index (χ4v) is 2.02. The number of fused-ring (bicyclic) bond motifs is 1. The third-order valence-electron chi connectivity index (χ3n) is 3.26. The van der Waals surface area contributed by atoms with Crippen molar-refractivity contribution in [3.8, 4) is 0 Å². The van der Waals surface area contributed by atoms with Crippen LogP contribution in [0, 0.1) is 0 Å². The van der Waals surface area contributed by atoms with E-state index in [2.05, 4.69) is 5.32 Å². The lowest BCUT2D eigenvalue weighted by atomic mass is 9.88. The van der Waals surface area contributed by atoms with Crippen LogP contribution in [-0.2, 0) is 10.3 Å². The summed E-state index contributed by atoms with van der Waals surface area (Å²) in [7, 11) is 1.66. The molecule has 17 heavy (non-hydrogen) atoms. The van der Waals surface area contributed by atoms with Crippen molar-refractivity contribution in [1.82, 2.24) is 5.32 Å². The number of hydrogen-bond donors (Lipinski definition) is 2. The first-order chi connectivity index (χ1) is 8.09. The van der Waals surface area contributed by atoms with Crippen LogP contribution in [0.15, 0.2) is 42.5 Å². The highest BCUT2D eigenvalue weighted by atomic mass is 16.4. The molecule has 1 unspecified atom stereocenters. The number of benzene rings is 2. The minimum atomic E-state index is -1.07. The molecule has 0 heterocycles. The summed E-state index contributed by atoms with van der Waals surface area (Å²) >= 11 is 0. The molecule has 2 aromatic rings. The van der Waals surface area contributed by atoms with E-state index in [0.717, 1.165) is 16.3 Å². The molecule has 0 aromatic heterocycles. The van der Waals surface area contributed by atoms with E-state index in [9.17, 15) is 9.90 Å². The molecule has 0 radical (unpaired) electrons. The lowest BCUT2D eigenvalue weighted by molar-refractivity contribution is -0.144. The Balaban J connectivity index is 2.74. The average Bonchev–Trinajstić information content (AvgIpc) is 2.37. The summed E-state index contributed by atoms with van der Waals surface area (Å²) in [6.07, 6.45) is 0. The zero-order chi connectivity index (χ0) is 12.5. The van der Waals surface area contributed by atoms with Gasteiger partial charge in [0.1, 0.15) is 5.54 Å². The average molecular weight is 229 g/mol. The maximum Gasteiger partial charge on any atom is 0.328 e. The number of rotatable bonds is 3. The molecule has 1 atom stereocenters. The molecule has 2 aromatic carbocycles. The Hall–Kier alpha value is -1.87. The van der Waals surface area contributed by atoms with Gasteiger partial charge in [0.25, 0.3) is 0 Å². The first kappa shape index (κ1) is 11.6. The molecule has 0 saturated heterocycles. The van der Waals surface area contributed by atoms with Crippen LogP contribution >= 0.6 is 0 Å². The van der Waals surface area contributed by atoms with Crippen LogP contribution in [0.25, 0.3) is 10.8 Å². The third kappa shape index (κ3) is 1.78. The monoisotopic (exact) mass is 229 g/mol. The van der Waals surface area contributed by atoms with E-state index in [1.54, 1.807) is 14.0 Å². The van der Waals surface area contributed by atoms with Crippen LogP contribution in [0.2, 0.25) is 0 Å². The minimum Gasteiger partial charge on any atom is -0.480 e. The van der Waals surface area contributed by atoms with Crippen LogP contribution in [0.3, 0.4) is 0 Å². The van der Waals surface area contributed by atoms with Crippen molar-refractivity contribution in [3.05, 3.63) is 48.0 Å². The lowest BCUT2D eigenvalue weighted by Gasteiger charge is -2.26. The quantitative estimate of drug-likeness (QED) is 0.849. The first-order valence-electron chi connectivity index (χ1n) is 5.50. The van der Waals surface area contributed by atoms with Gasteiger partial charge in [0.05, 0.1) is 0 Å². The van der Waals surface area contributed by atoms with Gasteiger partial charge in [-0.2, -0.15) is 0 Å². The van der Waals surface area contributed by atoms with Gasteiger partial charge in [-0.15, -0.1) is 0 Å². The molecule has 0 fully saturated rings. The molecule has 2 rings (SSSR count). The van der Waals surface area contributed by atoms with E-state index in [1.165, 1.54) is 0 Å². The first-order valence-corrected chi connectivity index (χ1v) is 5.50. The lowest BCUT2D eigenvalue weighted by Crippen LogP contribution is -2.44. The zero-order valence-corrected chi connectivity index (χ0v) is 9.90. The summed E-state index contributed by atoms with van der Waals surface area (Å²) in [6, 6.07) is 13.5. The second-order valence-electron chi connectivity index (χ2n) is 4.21. The summed E-state index contributed by atoms with van der Waals surface area (Å²) < 4.78 is 0. The summed E-state index contributed by atoms with van der Waals surface area (Å²) in [5.41, 5.74) is -0.286. The van der Waals surface area contributed by atoms with Crippen molar-refractivity contribution in [2.24, 2.45) is 0 Å². The van der Waals surface area contributed by atoms with E-state index in [0.29, 0.717) is 0 Å². The largest absolute Gasteiger partial charge is 0.480 e. The van der Waals surface area contributed by atoms with Gasteiger partial charge >= 0.3 is 5.97 Å². The summed E-state index contributed by atoms with van der Waals surface area (Å²) in [6.45, 7) is 1.68. The van der Waals surface area contributed by atoms with Crippen molar-refractivity contribution < 1.29 is 9.90 Å². The van der Waals surface area contributed by atoms with Crippen molar-refractivity contribution in [2.45, 2.75) is 12.5 Å². The molecule has 0 amide bonds. The highest BCUT2D eigenvalue weighted by Crippen LogP contribution is 2.28. The number of hydrogen-bond acceptors (Lipinski definition) is 2. The van der Waals surface area contributed by atoms with Gasteiger partial charge < -0.3 is 10.4 Å². The van der Waals surface area contributed by atoms with Crippen molar-refractivity contribution in [1.29, 1.82) is 0 Å². The molecule has 0 aliphatic heterocycles. The third-order valence-corrected chi connectivity index (χ3v) is 3.26. The van der Waals surface area contributed by atoms with Crippen molar-refractivity contribution >= 4 is 16.7 Å². The summed E-state index contributed by atoms with van der Waals surface area (Å²) in [5.74, 6) is -0.878. The van der Waals surface area contributed by atoms with Crippen molar-refractivity contribution in [2.75, 3.05) is 7.05 Å². The van der Waals surface area contributed by atoms with Gasteiger partial charge in [0.2, 0.25) is 0 Å². The number of carboxylic acid groups (broad SMARTS) is 1. The molecule has 3 nitrogen and oxygen atoms in total. The molecule has 0 aliphatic rings. The van der Waals surface area contributed by atoms with Crippen LogP contribution in [0.1, 0.15) is 12.5 Å². The molecule has 0 saturated carbocycles. The van der Waals surface area contributed by atoms with Crippen LogP contribution < -0.4 is 5.32 Å². The second-order valence-corrected chi connectivity index (χ2v) is 4.21. The van der Waals surface area contributed by atoms with Gasteiger partial charge in [-0.05, 0) is 30.3 Å². The number of carbonyl (C=O) groups is 1. The van der Waals surface area contributed by atoms with E-state index in [1.807, 2.05) is 42.5 Å². The molecule has 3 heteroatoms. The maximum atomic E-state index is 11.4. The molecular weight excluding hydrogens is 214 g/mol. The van der Waals surface area contributed by atoms with Crippen molar-refractivity contribution in [3.63, 3.8) is 0 Å². The molecule has 2 N–H and O–H groups in total. The van der Waals surface area contributed by atoms with Gasteiger partial charge in [0.15, 0.2) is 0 Å². The Morgan fingerprint density at radius 1 is 1.18 bits per heavy atom. The topological polar surface area (TPSA) is 49.3 Å². The number of likely N-dealkylation sites (N-methyl/N-ethyl adjacent to an activating group) is 1. The second kappa shape index (κ2) is 4.18. The Morgan fingerprint density at radius 2 is 1.82 bits per heavy atom. The highest BCUT2D eigenvalue weighted by Gasteiger charge is 2.34. The Bertz CT molecular complexity index is 560. The smallest absolute Gasteiger partial charge is 0.328 e. The Morgan fingerprint density at radius 3 is 2.47 bits per heavy atom. The summed E-state index contributed by atoms with van der Waals surface area (Å²) in [4.78, 5) is 11.4. The van der Waals surface area contributed by atoms with Gasteiger partial charge in [-0.25, -0.2) is 4.79 Å². The van der Waals surface area contributed by atoms with Gasteiger partial charge in [-0.1, -0.05) is 42.5 Å². The Labute approximate surface area is 100 Å². The van der Waals surface area contributed by atoms with E-state index in [4.69, 9.17) is 0 Å². The van der Waals surface area contributed by atoms with E-state index < -0.39 is 11.5 Å². The molecular formula is C14H15NO2. The van der Waals surface area contributed by atoms with Crippen LogP contribution in [0.5, 0.6) is 0 Å². The predicted molar refractivity (Wildman–Crippen MR) is 68.0 cm³/mol. The SMILES string of the molecule is CNC(C)(C(=O)O)c1cccc2ccccc12. The fraction of sp³-hybridized carbons (Fsp3) is 0.214. The van der Waals surface area contributed by atoms with Gasteiger partial charge in [0, 0.05) is 0 Å². The zero-order valence-electron chi connectivity index (χ0n) is 9.90. The van der Waals surface area contributed by atoms with Crippen LogP contribution in [0.4, 0.5) is 0 Å². The number of nitrogens with one attached hydrogen (secondary N) is 1. The maximum absolute atomic E-state index is 11.4. The fourth-order valence-electron chi connectivity index (χ4n) is 2.02.